The highest BCUT2D eigenvalue weighted by atomic mass is 32.2. The number of benzene rings is 2. The summed E-state index contributed by atoms with van der Waals surface area (Å²) in [5, 5.41) is 0. The lowest BCUT2D eigenvalue weighted by Crippen LogP contribution is -2.52. The van der Waals surface area contributed by atoms with Gasteiger partial charge < -0.3 is 4.74 Å². The van der Waals surface area contributed by atoms with Crippen LogP contribution < -0.4 is 9.46 Å². The Balaban J connectivity index is 1.42. The molecule has 5 nitrogen and oxygen atoms in total. The third-order valence-electron chi connectivity index (χ3n) is 5.26. The summed E-state index contributed by atoms with van der Waals surface area (Å²) in [6.07, 6.45) is 3.95. The van der Waals surface area contributed by atoms with Gasteiger partial charge in [-0.05, 0) is 67.2 Å². The smallest absolute Gasteiger partial charge is 0.229 e. The molecular formula is C20H24N2O3S. The minimum atomic E-state index is -3.25. The third-order valence-corrected chi connectivity index (χ3v) is 5.87. The Morgan fingerprint density at radius 3 is 2.04 bits per heavy atom. The number of nitrogens with zero attached hydrogens (tertiary/aromatic N) is 1. The zero-order valence-electron chi connectivity index (χ0n) is 14.9. The summed E-state index contributed by atoms with van der Waals surface area (Å²) >= 11 is 0. The molecule has 5 rings (SSSR count). The van der Waals surface area contributed by atoms with E-state index in [4.69, 9.17) is 4.74 Å². The van der Waals surface area contributed by atoms with Crippen molar-refractivity contribution in [3.8, 4) is 16.9 Å². The lowest BCUT2D eigenvalue weighted by Gasteiger charge is -2.44. The first-order chi connectivity index (χ1) is 12.5. The summed E-state index contributed by atoms with van der Waals surface area (Å²) in [5.74, 6) is 1.61. The Kier molecular flexibility index (Phi) is 4.63. The topological polar surface area (TPSA) is 58.6 Å². The maximum Gasteiger partial charge on any atom is 0.229 e. The summed E-state index contributed by atoms with van der Waals surface area (Å²) in [6.45, 7) is 3.47. The number of sulfonamides is 1. The van der Waals surface area contributed by atoms with Crippen LogP contribution in [0.4, 0.5) is 5.69 Å². The molecule has 1 N–H and O–H groups in total. The molecule has 3 aliphatic rings. The Labute approximate surface area is 155 Å². The van der Waals surface area contributed by atoms with Crippen LogP contribution in [0, 0.1) is 5.92 Å². The van der Waals surface area contributed by atoms with Crippen LogP contribution in [0.2, 0.25) is 0 Å². The van der Waals surface area contributed by atoms with Crippen molar-refractivity contribution in [1.29, 1.82) is 0 Å². The van der Waals surface area contributed by atoms with Crippen molar-refractivity contribution in [3.05, 3.63) is 48.5 Å². The number of fused-ring (bicyclic) bond motifs is 3. The molecule has 1 unspecified atom stereocenters. The predicted molar refractivity (Wildman–Crippen MR) is 104 cm³/mol. The molecule has 6 heteroatoms. The predicted octanol–water partition coefficient (Wildman–Crippen LogP) is 3.20. The molecule has 0 radical (unpaired) electrons. The fourth-order valence-electron chi connectivity index (χ4n) is 3.89. The van der Waals surface area contributed by atoms with Crippen molar-refractivity contribution in [2.75, 3.05) is 30.6 Å². The molecule has 3 heterocycles. The maximum atomic E-state index is 11.3. The minimum absolute atomic E-state index is 0.310. The van der Waals surface area contributed by atoms with Crippen molar-refractivity contribution in [2.45, 2.75) is 18.9 Å². The molecule has 2 bridgehead atoms. The third kappa shape index (κ3) is 4.02. The van der Waals surface area contributed by atoms with Crippen LogP contribution in [-0.4, -0.2) is 45.3 Å². The number of hydrogen-bond acceptors (Lipinski definition) is 4. The van der Waals surface area contributed by atoms with Crippen molar-refractivity contribution < 1.29 is 13.2 Å². The van der Waals surface area contributed by atoms with Crippen molar-refractivity contribution in [1.82, 2.24) is 4.90 Å². The first-order valence-electron chi connectivity index (χ1n) is 9.04. The molecule has 0 spiro atoms. The van der Waals surface area contributed by atoms with E-state index in [1.54, 1.807) is 12.1 Å². The van der Waals surface area contributed by atoms with E-state index in [1.165, 1.54) is 25.9 Å². The Bertz CT molecular complexity index is 855. The van der Waals surface area contributed by atoms with Gasteiger partial charge in [0.1, 0.15) is 11.9 Å². The molecular weight excluding hydrogens is 348 g/mol. The second kappa shape index (κ2) is 6.93. The van der Waals surface area contributed by atoms with E-state index in [2.05, 4.69) is 21.8 Å². The van der Waals surface area contributed by atoms with Gasteiger partial charge in [-0.25, -0.2) is 8.42 Å². The highest BCUT2D eigenvalue weighted by Crippen LogP contribution is 2.31. The number of ether oxygens (including phenoxy) is 1. The first-order valence-corrected chi connectivity index (χ1v) is 10.9. The van der Waals surface area contributed by atoms with Gasteiger partial charge in [-0.2, -0.15) is 0 Å². The average molecular weight is 372 g/mol. The van der Waals surface area contributed by atoms with Gasteiger partial charge in [0.15, 0.2) is 0 Å². The summed E-state index contributed by atoms with van der Waals surface area (Å²) in [5.41, 5.74) is 2.69. The van der Waals surface area contributed by atoms with E-state index in [1.807, 2.05) is 24.3 Å². The number of nitrogens with one attached hydrogen (secondary N) is 1. The van der Waals surface area contributed by atoms with Gasteiger partial charge in [0.05, 0.1) is 6.26 Å². The van der Waals surface area contributed by atoms with E-state index in [0.717, 1.165) is 29.7 Å². The maximum absolute atomic E-state index is 11.3. The molecule has 0 aliphatic carbocycles. The van der Waals surface area contributed by atoms with Gasteiger partial charge in [0, 0.05) is 12.2 Å². The quantitative estimate of drug-likeness (QED) is 0.876. The fourth-order valence-corrected chi connectivity index (χ4v) is 4.45. The summed E-state index contributed by atoms with van der Waals surface area (Å²) in [4.78, 5) is 2.49. The van der Waals surface area contributed by atoms with Crippen LogP contribution >= 0.6 is 0 Å². The molecule has 3 saturated heterocycles. The second-order valence-corrected chi connectivity index (χ2v) is 9.02. The summed E-state index contributed by atoms with van der Waals surface area (Å²) in [6, 6.07) is 15.5. The van der Waals surface area contributed by atoms with Gasteiger partial charge in [-0.3, -0.25) is 9.62 Å². The van der Waals surface area contributed by atoms with Gasteiger partial charge in [0.25, 0.3) is 0 Å². The molecule has 3 aliphatic heterocycles. The second-order valence-electron chi connectivity index (χ2n) is 7.27. The lowest BCUT2D eigenvalue weighted by molar-refractivity contribution is -0.00775. The van der Waals surface area contributed by atoms with E-state index in [9.17, 15) is 8.42 Å². The molecule has 1 atom stereocenters. The van der Waals surface area contributed by atoms with Crippen molar-refractivity contribution in [3.63, 3.8) is 0 Å². The fraction of sp³-hybridized carbons (Fsp3) is 0.400. The van der Waals surface area contributed by atoms with Crippen LogP contribution in [0.15, 0.2) is 48.5 Å². The van der Waals surface area contributed by atoms with Gasteiger partial charge in [-0.1, -0.05) is 24.3 Å². The van der Waals surface area contributed by atoms with E-state index >= 15 is 0 Å². The zero-order chi connectivity index (χ0) is 18.1. The van der Waals surface area contributed by atoms with Crippen LogP contribution in [0.25, 0.3) is 11.1 Å². The Hall–Kier alpha value is -2.05. The minimum Gasteiger partial charge on any atom is -0.489 e. The molecule has 26 heavy (non-hydrogen) atoms. The first kappa shape index (κ1) is 17.4. The van der Waals surface area contributed by atoms with Gasteiger partial charge in [-0.15, -0.1) is 0 Å². The number of rotatable bonds is 5. The van der Waals surface area contributed by atoms with E-state index in [0.29, 0.717) is 17.7 Å². The Morgan fingerprint density at radius 1 is 0.962 bits per heavy atom. The number of piperidine rings is 3. The highest BCUT2D eigenvalue weighted by Gasteiger charge is 2.35. The zero-order valence-corrected chi connectivity index (χ0v) is 15.7. The van der Waals surface area contributed by atoms with Crippen LogP contribution in [0.1, 0.15) is 12.8 Å². The average Bonchev–Trinajstić information content (AvgIpc) is 2.63. The number of hydrogen-bond donors (Lipinski definition) is 1. The van der Waals surface area contributed by atoms with Crippen LogP contribution in [0.5, 0.6) is 5.75 Å². The highest BCUT2D eigenvalue weighted by molar-refractivity contribution is 7.92. The van der Waals surface area contributed by atoms with Gasteiger partial charge >= 0.3 is 0 Å². The molecule has 0 aromatic heterocycles. The molecule has 0 saturated carbocycles. The standard InChI is InChI=1S/C20H24N2O3S/c1-26(23,24)21-18-6-2-15(3-7-18)16-4-8-19(9-5-16)25-20-14-22-12-10-17(20)11-13-22/h2-9,17,20-21H,10-14H2,1H3. The Morgan fingerprint density at radius 2 is 1.54 bits per heavy atom. The van der Waals surface area contributed by atoms with Crippen LogP contribution in [-0.2, 0) is 10.0 Å². The monoisotopic (exact) mass is 372 g/mol. The molecule has 138 valence electrons. The van der Waals surface area contributed by atoms with Crippen molar-refractivity contribution in [2.24, 2.45) is 5.92 Å². The van der Waals surface area contributed by atoms with Gasteiger partial charge in [0.2, 0.25) is 10.0 Å². The van der Waals surface area contributed by atoms with E-state index < -0.39 is 10.0 Å². The summed E-state index contributed by atoms with van der Waals surface area (Å²) in [7, 11) is -3.25. The normalized spacial score (nSPS) is 25.0. The van der Waals surface area contributed by atoms with Crippen molar-refractivity contribution >= 4 is 15.7 Å². The largest absolute Gasteiger partial charge is 0.489 e. The SMILES string of the molecule is CS(=O)(=O)Nc1ccc(-c2ccc(OC3CN4CCC3CC4)cc2)cc1. The molecule has 3 fully saturated rings. The summed E-state index contributed by atoms with van der Waals surface area (Å²) < 4.78 is 31.3. The lowest BCUT2D eigenvalue weighted by atomic mass is 9.86. The number of anilines is 1. The molecule has 2 aromatic carbocycles. The van der Waals surface area contributed by atoms with Crippen LogP contribution in [0.3, 0.4) is 0 Å². The van der Waals surface area contributed by atoms with E-state index in [-0.39, 0.29) is 0 Å². The molecule has 0 amide bonds. The molecule has 2 aromatic rings.